The molecule has 0 spiro atoms. The third-order valence-corrected chi connectivity index (χ3v) is 3.78. The maximum absolute atomic E-state index is 12.7. The third-order valence-electron chi connectivity index (χ3n) is 3.78. The van der Waals surface area contributed by atoms with E-state index in [0.29, 0.717) is 18.7 Å². The van der Waals surface area contributed by atoms with Crippen LogP contribution >= 0.6 is 0 Å². The molecule has 1 unspecified atom stereocenters. The number of amides is 2. The van der Waals surface area contributed by atoms with Crippen LogP contribution in [0.15, 0.2) is 30.7 Å². The predicted octanol–water partition coefficient (Wildman–Crippen LogP) is 0.931. The number of nitrogens with zero attached hydrogens (tertiary/aromatic N) is 3. The van der Waals surface area contributed by atoms with Gasteiger partial charge in [-0.05, 0) is 18.1 Å². The van der Waals surface area contributed by atoms with Crippen molar-refractivity contribution in [2.75, 3.05) is 13.1 Å². The van der Waals surface area contributed by atoms with Gasteiger partial charge in [-0.1, -0.05) is 13.8 Å². The van der Waals surface area contributed by atoms with Crippen LogP contribution in [0.4, 0.5) is 0 Å². The smallest absolute Gasteiger partial charge is 0.256 e. The van der Waals surface area contributed by atoms with Crippen molar-refractivity contribution in [2.24, 2.45) is 5.92 Å². The molecule has 2 aromatic heterocycles. The summed E-state index contributed by atoms with van der Waals surface area (Å²) >= 11 is 0. The number of nitrogens with one attached hydrogen (secondary N) is 1. The lowest BCUT2D eigenvalue weighted by molar-refractivity contribution is -0.129. The van der Waals surface area contributed by atoms with Crippen LogP contribution in [0.1, 0.15) is 24.2 Å². The minimum atomic E-state index is -0.412. The predicted molar refractivity (Wildman–Crippen MR) is 77.9 cm³/mol. The molecule has 0 bridgehead atoms. The van der Waals surface area contributed by atoms with Crippen LogP contribution in [-0.2, 0) is 4.79 Å². The van der Waals surface area contributed by atoms with Crippen LogP contribution in [0, 0.1) is 5.92 Å². The van der Waals surface area contributed by atoms with Crippen molar-refractivity contribution in [1.29, 1.82) is 0 Å². The lowest BCUT2D eigenvalue weighted by atomic mass is 9.99. The quantitative estimate of drug-likeness (QED) is 0.893. The van der Waals surface area contributed by atoms with Gasteiger partial charge >= 0.3 is 0 Å². The van der Waals surface area contributed by atoms with Crippen molar-refractivity contribution in [3.8, 4) is 0 Å². The van der Waals surface area contributed by atoms with Crippen molar-refractivity contribution in [1.82, 2.24) is 19.6 Å². The molecule has 1 aliphatic rings. The van der Waals surface area contributed by atoms with Gasteiger partial charge in [0.1, 0.15) is 11.7 Å². The number of aromatic nitrogens is 2. The van der Waals surface area contributed by atoms with E-state index in [1.807, 2.05) is 24.3 Å². The highest BCUT2D eigenvalue weighted by Crippen LogP contribution is 2.18. The molecule has 0 aliphatic carbocycles. The average Bonchev–Trinajstić information content (AvgIpc) is 2.93. The Labute approximate surface area is 122 Å². The van der Waals surface area contributed by atoms with E-state index >= 15 is 0 Å². The average molecular weight is 286 g/mol. The Kier molecular flexibility index (Phi) is 3.37. The van der Waals surface area contributed by atoms with Gasteiger partial charge in [0.15, 0.2) is 0 Å². The number of carbonyl (C=O) groups excluding carboxylic acids is 2. The maximum Gasteiger partial charge on any atom is 0.256 e. The van der Waals surface area contributed by atoms with Crippen molar-refractivity contribution in [3.63, 3.8) is 0 Å². The highest BCUT2D eigenvalue weighted by atomic mass is 16.2. The van der Waals surface area contributed by atoms with E-state index in [-0.39, 0.29) is 17.7 Å². The monoisotopic (exact) mass is 286 g/mol. The number of hydrogen-bond acceptors (Lipinski definition) is 3. The molecule has 2 aromatic rings. The van der Waals surface area contributed by atoms with E-state index in [2.05, 4.69) is 10.3 Å². The molecule has 3 rings (SSSR count). The summed E-state index contributed by atoms with van der Waals surface area (Å²) in [6.07, 6.45) is 5.25. The normalized spacial score (nSPS) is 19.1. The van der Waals surface area contributed by atoms with Gasteiger partial charge in [0.25, 0.3) is 5.91 Å². The second-order valence-electron chi connectivity index (χ2n) is 5.59. The van der Waals surface area contributed by atoms with E-state index in [1.165, 1.54) is 0 Å². The van der Waals surface area contributed by atoms with Crippen molar-refractivity contribution >= 4 is 17.5 Å². The fourth-order valence-electron chi connectivity index (χ4n) is 2.79. The number of fused-ring (bicyclic) bond motifs is 1. The molecule has 1 aliphatic heterocycles. The van der Waals surface area contributed by atoms with Crippen LogP contribution < -0.4 is 5.32 Å². The SMILES string of the molecule is CC(C)C1C(=O)NCCN1C(=O)c1ccc2nccn2c1. The molecule has 110 valence electrons. The summed E-state index contributed by atoms with van der Waals surface area (Å²) in [5.41, 5.74) is 1.36. The van der Waals surface area contributed by atoms with E-state index in [1.54, 1.807) is 29.6 Å². The first kappa shape index (κ1) is 13.6. The number of pyridine rings is 1. The summed E-state index contributed by atoms with van der Waals surface area (Å²) in [4.78, 5) is 30.6. The molecule has 1 atom stereocenters. The van der Waals surface area contributed by atoms with Gasteiger partial charge in [-0.15, -0.1) is 0 Å². The van der Waals surface area contributed by atoms with Crippen LogP contribution in [-0.4, -0.2) is 45.2 Å². The largest absolute Gasteiger partial charge is 0.353 e. The fourth-order valence-corrected chi connectivity index (χ4v) is 2.79. The fraction of sp³-hybridized carbons (Fsp3) is 0.400. The minimum Gasteiger partial charge on any atom is -0.353 e. The molecular formula is C15H18N4O2. The van der Waals surface area contributed by atoms with Crippen LogP contribution in [0.2, 0.25) is 0 Å². The number of imidazole rings is 1. The van der Waals surface area contributed by atoms with Gasteiger partial charge in [-0.3, -0.25) is 9.59 Å². The molecule has 0 radical (unpaired) electrons. The summed E-state index contributed by atoms with van der Waals surface area (Å²) in [6.45, 7) is 4.94. The van der Waals surface area contributed by atoms with Crippen LogP contribution in [0.25, 0.3) is 5.65 Å². The third kappa shape index (κ3) is 2.37. The van der Waals surface area contributed by atoms with E-state index in [4.69, 9.17) is 0 Å². The molecule has 1 N–H and O–H groups in total. The molecular weight excluding hydrogens is 268 g/mol. The Hall–Kier alpha value is -2.37. The van der Waals surface area contributed by atoms with E-state index in [0.717, 1.165) is 5.65 Å². The highest BCUT2D eigenvalue weighted by molar-refractivity contribution is 5.98. The molecule has 6 heteroatoms. The molecule has 6 nitrogen and oxygen atoms in total. The minimum absolute atomic E-state index is 0.0752. The van der Waals surface area contributed by atoms with Crippen LogP contribution in [0.3, 0.4) is 0 Å². The summed E-state index contributed by atoms with van der Waals surface area (Å²) in [6, 6.07) is 3.15. The zero-order valence-electron chi connectivity index (χ0n) is 12.1. The summed E-state index contributed by atoms with van der Waals surface area (Å²) < 4.78 is 1.81. The van der Waals surface area contributed by atoms with Gasteiger partial charge in [-0.2, -0.15) is 0 Å². The molecule has 1 saturated heterocycles. The highest BCUT2D eigenvalue weighted by Gasteiger charge is 2.35. The summed E-state index contributed by atoms with van der Waals surface area (Å²) in [7, 11) is 0. The lowest BCUT2D eigenvalue weighted by Gasteiger charge is -2.37. The second-order valence-corrected chi connectivity index (χ2v) is 5.59. The zero-order chi connectivity index (χ0) is 15.0. The van der Waals surface area contributed by atoms with Gasteiger partial charge in [0.2, 0.25) is 5.91 Å². The molecule has 3 heterocycles. The standard InChI is InChI=1S/C15H18N4O2/c1-10(2)13-14(20)17-6-8-19(13)15(21)11-3-4-12-16-5-7-18(12)9-11/h3-5,7,9-10,13H,6,8H2,1-2H3,(H,17,20). The first-order valence-electron chi connectivity index (χ1n) is 7.09. The van der Waals surface area contributed by atoms with E-state index < -0.39 is 6.04 Å². The van der Waals surface area contributed by atoms with Crippen molar-refractivity contribution in [2.45, 2.75) is 19.9 Å². The molecule has 2 amide bonds. The Bertz CT molecular complexity index is 692. The van der Waals surface area contributed by atoms with Gasteiger partial charge < -0.3 is 14.6 Å². The Morgan fingerprint density at radius 2 is 2.24 bits per heavy atom. The van der Waals surface area contributed by atoms with Crippen molar-refractivity contribution in [3.05, 3.63) is 36.3 Å². The topological polar surface area (TPSA) is 66.7 Å². The first-order valence-corrected chi connectivity index (χ1v) is 7.09. The molecule has 1 fully saturated rings. The molecule has 0 saturated carbocycles. The summed E-state index contributed by atoms with van der Waals surface area (Å²) in [5, 5.41) is 2.83. The first-order chi connectivity index (χ1) is 10.1. The van der Waals surface area contributed by atoms with Gasteiger partial charge in [-0.25, -0.2) is 4.98 Å². The number of hydrogen-bond donors (Lipinski definition) is 1. The maximum atomic E-state index is 12.7. The Balaban J connectivity index is 1.93. The summed E-state index contributed by atoms with van der Waals surface area (Å²) in [5.74, 6) is -0.112. The van der Waals surface area contributed by atoms with Crippen LogP contribution in [0.5, 0.6) is 0 Å². The van der Waals surface area contributed by atoms with Crippen molar-refractivity contribution < 1.29 is 9.59 Å². The van der Waals surface area contributed by atoms with E-state index in [9.17, 15) is 9.59 Å². The molecule has 21 heavy (non-hydrogen) atoms. The lowest BCUT2D eigenvalue weighted by Crippen LogP contribution is -2.59. The molecule has 0 aromatic carbocycles. The number of piperazine rings is 1. The van der Waals surface area contributed by atoms with Gasteiger partial charge in [0.05, 0.1) is 5.56 Å². The van der Waals surface area contributed by atoms with Gasteiger partial charge in [0, 0.05) is 31.7 Å². The number of carbonyl (C=O) groups is 2. The Morgan fingerprint density at radius 1 is 1.43 bits per heavy atom. The zero-order valence-corrected chi connectivity index (χ0v) is 12.1. The Morgan fingerprint density at radius 3 is 3.00 bits per heavy atom. The second kappa shape index (κ2) is 5.20. The number of rotatable bonds is 2.